The molecule has 2 rings (SSSR count). The van der Waals surface area contributed by atoms with Gasteiger partial charge in [0.05, 0.1) is 10.9 Å². The number of thioether (sulfide) groups is 1. The van der Waals surface area contributed by atoms with Gasteiger partial charge in [-0.25, -0.2) is 4.79 Å². The van der Waals surface area contributed by atoms with Crippen molar-refractivity contribution in [2.24, 2.45) is 5.92 Å². The fraction of sp³-hybridized carbons (Fsp3) is 0.400. The number of carbonyl (C=O) groups is 2. The van der Waals surface area contributed by atoms with E-state index >= 15 is 0 Å². The molecular weight excluding hydrogens is 328 g/mol. The Morgan fingerprint density at radius 3 is 2.58 bits per heavy atom. The fourth-order valence-electron chi connectivity index (χ4n) is 1.75. The van der Waals surface area contributed by atoms with Gasteiger partial charge in [-0.2, -0.15) is 4.68 Å². The van der Waals surface area contributed by atoms with Crippen molar-refractivity contribution in [3.63, 3.8) is 0 Å². The molecule has 3 amide bonds. The number of nitrogens with zero attached hydrogens (tertiary/aromatic N) is 4. The quantitative estimate of drug-likeness (QED) is 0.769. The average molecular weight is 348 g/mol. The van der Waals surface area contributed by atoms with Crippen LogP contribution < -0.4 is 10.6 Å². The molecule has 1 heterocycles. The van der Waals surface area contributed by atoms with Crippen LogP contribution in [0.4, 0.5) is 4.79 Å². The van der Waals surface area contributed by atoms with E-state index < -0.39 is 17.2 Å². The van der Waals surface area contributed by atoms with Gasteiger partial charge in [-0.15, -0.1) is 5.10 Å². The molecule has 0 aliphatic carbocycles. The Kier molecular flexibility index (Phi) is 6.30. The first kappa shape index (κ1) is 17.9. The summed E-state index contributed by atoms with van der Waals surface area (Å²) in [7, 11) is 0. The molecule has 24 heavy (non-hydrogen) atoms. The minimum atomic E-state index is -0.525. The topological polar surface area (TPSA) is 102 Å². The third-order valence-electron chi connectivity index (χ3n) is 3.00. The fourth-order valence-corrected chi connectivity index (χ4v) is 2.56. The van der Waals surface area contributed by atoms with Crippen LogP contribution in [0.15, 0.2) is 35.5 Å². The van der Waals surface area contributed by atoms with Crippen LogP contribution in [0.1, 0.15) is 20.8 Å². The summed E-state index contributed by atoms with van der Waals surface area (Å²) in [6.45, 7) is 6.15. The minimum absolute atomic E-state index is 0.313. The predicted molar refractivity (Wildman–Crippen MR) is 90.9 cm³/mol. The Hall–Kier alpha value is -2.42. The van der Waals surface area contributed by atoms with E-state index in [1.54, 1.807) is 11.6 Å². The molecule has 0 bridgehead atoms. The molecule has 0 radical (unpaired) electrons. The molecule has 2 aromatic rings. The molecule has 1 aromatic heterocycles. The maximum atomic E-state index is 12.1. The molecule has 0 aliphatic rings. The summed E-state index contributed by atoms with van der Waals surface area (Å²) >= 11 is 1.18. The van der Waals surface area contributed by atoms with E-state index in [1.807, 2.05) is 44.2 Å². The maximum Gasteiger partial charge on any atom is 0.321 e. The number of tetrazole rings is 1. The number of hydrogen-bond acceptors (Lipinski definition) is 6. The molecule has 0 spiro atoms. The van der Waals surface area contributed by atoms with Gasteiger partial charge in [-0.05, 0) is 35.4 Å². The Bertz CT molecular complexity index is 688. The molecule has 0 unspecified atom stereocenters. The molecule has 0 saturated carbocycles. The molecule has 0 fully saturated rings. The summed E-state index contributed by atoms with van der Waals surface area (Å²) in [6.07, 6.45) is 0. The number of hydrogen-bond donors (Lipinski definition) is 2. The highest BCUT2D eigenvalue weighted by atomic mass is 32.2. The largest absolute Gasteiger partial charge is 0.338 e. The lowest BCUT2D eigenvalue weighted by molar-refractivity contribution is -0.119. The van der Waals surface area contributed by atoms with Crippen LogP contribution >= 0.6 is 11.8 Å². The number of imide groups is 1. The van der Waals surface area contributed by atoms with Crippen molar-refractivity contribution in [3.8, 4) is 5.69 Å². The highest BCUT2D eigenvalue weighted by Crippen LogP contribution is 2.22. The van der Waals surface area contributed by atoms with Gasteiger partial charge in [-0.3, -0.25) is 10.1 Å². The maximum absolute atomic E-state index is 12.1. The van der Waals surface area contributed by atoms with E-state index in [2.05, 4.69) is 26.2 Å². The number of carbonyl (C=O) groups excluding carboxylic acids is 2. The van der Waals surface area contributed by atoms with Gasteiger partial charge in [0.25, 0.3) is 0 Å². The molecule has 9 heteroatoms. The molecule has 0 aliphatic heterocycles. The van der Waals surface area contributed by atoms with Crippen molar-refractivity contribution >= 4 is 23.7 Å². The summed E-state index contributed by atoms with van der Waals surface area (Å²) in [6, 6.07) is 8.88. The third kappa shape index (κ3) is 5.05. The standard InChI is InChI=1S/C15H20N6O2S/c1-10(2)9-16-14(23)17-13(22)11(3)24-15-18-19-20-21(15)12-7-5-4-6-8-12/h4-8,10-11H,9H2,1-3H3,(H2,16,17,22,23)/t11-/m0/s1. The summed E-state index contributed by atoms with van der Waals surface area (Å²) in [4.78, 5) is 23.8. The normalized spacial score (nSPS) is 12.0. The predicted octanol–water partition coefficient (Wildman–Crippen LogP) is 1.62. The van der Waals surface area contributed by atoms with Gasteiger partial charge < -0.3 is 5.32 Å². The van der Waals surface area contributed by atoms with E-state index in [9.17, 15) is 9.59 Å². The van der Waals surface area contributed by atoms with Gasteiger partial charge in [0.2, 0.25) is 11.1 Å². The highest BCUT2D eigenvalue weighted by molar-refractivity contribution is 8.00. The summed E-state index contributed by atoms with van der Waals surface area (Å²) in [5, 5.41) is 16.4. The van der Waals surface area contributed by atoms with Gasteiger partial charge in [-0.1, -0.05) is 43.8 Å². The van der Waals surface area contributed by atoms with Crippen LogP contribution in [0.25, 0.3) is 5.69 Å². The Balaban J connectivity index is 1.95. The van der Waals surface area contributed by atoms with Crippen molar-refractivity contribution in [2.45, 2.75) is 31.2 Å². The number of rotatable bonds is 6. The minimum Gasteiger partial charge on any atom is -0.338 e. The van der Waals surface area contributed by atoms with E-state index in [0.29, 0.717) is 17.6 Å². The van der Waals surface area contributed by atoms with Gasteiger partial charge in [0.1, 0.15) is 0 Å². The van der Waals surface area contributed by atoms with E-state index in [0.717, 1.165) is 5.69 Å². The van der Waals surface area contributed by atoms with Crippen molar-refractivity contribution in [1.29, 1.82) is 0 Å². The van der Waals surface area contributed by atoms with Gasteiger partial charge >= 0.3 is 6.03 Å². The Morgan fingerprint density at radius 1 is 1.21 bits per heavy atom. The molecule has 0 saturated heterocycles. The van der Waals surface area contributed by atoms with E-state index in [4.69, 9.17) is 0 Å². The first-order valence-corrected chi connectivity index (χ1v) is 8.44. The van der Waals surface area contributed by atoms with E-state index in [1.165, 1.54) is 11.8 Å². The molecular formula is C15H20N6O2S. The summed E-state index contributed by atoms with van der Waals surface area (Å²) < 4.78 is 1.55. The second-order valence-electron chi connectivity index (χ2n) is 5.56. The van der Waals surface area contributed by atoms with E-state index in [-0.39, 0.29) is 0 Å². The second-order valence-corrected chi connectivity index (χ2v) is 6.87. The van der Waals surface area contributed by atoms with Crippen LogP contribution in [-0.4, -0.2) is 43.9 Å². The lowest BCUT2D eigenvalue weighted by atomic mass is 10.2. The highest BCUT2D eigenvalue weighted by Gasteiger charge is 2.20. The zero-order valence-electron chi connectivity index (χ0n) is 13.8. The number of urea groups is 1. The van der Waals surface area contributed by atoms with Gasteiger partial charge in [0.15, 0.2) is 0 Å². The van der Waals surface area contributed by atoms with Crippen molar-refractivity contribution < 1.29 is 9.59 Å². The van der Waals surface area contributed by atoms with Crippen molar-refractivity contribution in [3.05, 3.63) is 30.3 Å². The molecule has 128 valence electrons. The Labute approximate surface area is 144 Å². The van der Waals surface area contributed by atoms with Crippen LogP contribution in [0.5, 0.6) is 0 Å². The first-order valence-electron chi connectivity index (χ1n) is 7.56. The Morgan fingerprint density at radius 2 is 1.92 bits per heavy atom. The lowest BCUT2D eigenvalue weighted by Crippen LogP contribution is -2.43. The zero-order valence-corrected chi connectivity index (χ0v) is 14.6. The van der Waals surface area contributed by atoms with Crippen LogP contribution in [-0.2, 0) is 4.79 Å². The second kappa shape index (κ2) is 8.44. The zero-order chi connectivity index (χ0) is 17.5. The van der Waals surface area contributed by atoms with Crippen molar-refractivity contribution in [2.75, 3.05) is 6.54 Å². The number of amides is 3. The summed E-state index contributed by atoms with van der Waals surface area (Å²) in [5.74, 6) is -0.0861. The number of nitrogens with one attached hydrogen (secondary N) is 2. The summed E-state index contributed by atoms with van der Waals surface area (Å²) in [5.41, 5.74) is 0.798. The monoisotopic (exact) mass is 348 g/mol. The van der Waals surface area contributed by atoms with Crippen LogP contribution in [0, 0.1) is 5.92 Å². The lowest BCUT2D eigenvalue weighted by Gasteiger charge is -2.12. The molecule has 1 aromatic carbocycles. The molecule has 2 N–H and O–H groups in total. The number of aromatic nitrogens is 4. The van der Waals surface area contributed by atoms with Crippen LogP contribution in [0.2, 0.25) is 0 Å². The third-order valence-corrected chi connectivity index (χ3v) is 4.03. The average Bonchev–Trinajstić information content (AvgIpc) is 3.01. The number of benzene rings is 1. The number of para-hydroxylation sites is 1. The van der Waals surface area contributed by atoms with Crippen molar-refractivity contribution in [1.82, 2.24) is 30.8 Å². The first-order chi connectivity index (χ1) is 11.5. The van der Waals surface area contributed by atoms with Crippen LogP contribution in [0.3, 0.4) is 0 Å². The smallest absolute Gasteiger partial charge is 0.321 e. The molecule has 8 nitrogen and oxygen atoms in total. The molecule has 1 atom stereocenters. The SMILES string of the molecule is CC(C)CNC(=O)NC(=O)[C@H](C)Sc1nnnn1-c1ccccc1. The van der Waals surface area contributed by atoms with Gasteiger partial charge in [0, 0.05) is 6.54 Å².